The van der Waals surface area contributed by atoms with E-state index in [1.165, 1.54) is 4.90 Å². The van der Waals surface area contributed by atoms with Gasteiger partial charge < -0.3 is 10.1 Å². The number of hydrogen-bond acceptors (Lipinski definition) is 2. The summed E-state index contributed by atoms with van der Waals surface area (Å²) in [6.07, 6.45) is -0.0797. The van der Waals surface area contributed by atoms with Crippen LogP contribution in [-0.4, -0.2) is 32.6 Å². The zero-order valence-corrected chi connectivity index (χ0v) is 14.2. The van der Waals surface area contributed by atoms with Crippen molar-refractivity contribution in [2.75, 3.05) is 6.54 Å². The van der Waals surface area contributed by atoms with Crippen molar-refractivity contribution in [3.8, 4) is 0 Å². The summed E-state index contributed by atoms with van der Waals surface area (Å²) in [5, 5.41) is 11.6. The quantitative estimate of drug-likeness (QED) is 0.657. The second kappa shape index (κ2) is 5.23. The summed E-state index contributed by atoms with van der Waals surface area (Å²) >= 11 is 3.49. The molecule has 0 spiro atoms. The Morgan fingerprint density at radius 1 is 1.39 bits per heavy atom. The van der Waals surface area contributed by atoms with Crippen molar-refractivity contribution in [1.29, 1.82) is 0 Å². The van der Waals surface area contributed by atoms with E-state index in [9.17, 15) is 9.90 Å². The van der Waals surface area contributed by atoms with Crippen LogP contribution in [0.5, 0.6) is 0 Å². The van der Waals surface area contributed by atoms with Crippen LogP contribution in [0.1, 0.15) is 25.2 Å². The zero-order valence-electron chi connectivity index (χ0n) is 12.6. The molecule has 23 heavy (non-hydrogen) atoms. The number of carbonyl (C=O) groups is 1. The van der Waals surface area contributed by atoms with Gasteiger partial charge in [-0.2, -0.15) is 0 Å². The molecule has 0 saturated carbocycles. The molecule has 2 N–H and O–H groups in total. The molecule has 0 unspecified atom stereocenters. The summed E-state index contributed by atoms with van der Waals surface area (Å²) in [6.45, 7) is 2.64. The highest BCUT2D eigenvalue weighted by Gasteiger charge is 2.36. The van der Waals surface area contributed by atoms with Gasteiger partial charge in [-0.1, -0.05) is 35.0 Å². The Balaban J connectivity index is 1.85. The normalized spacial score (nSPS) is 21.4. The van der Waals surface area contributed by atoms with Gasteiger partial charge in [-0.15, -0.1) is 0 Å². The standard InChI is InChI=1S/C17H16BrN3O2/c1-9-6-14(21(8-9)17(22)23)16-19-13-5-2-10-7-11(18)3-4-12(10)15(13)20-16/h2-5,7,9,14H,6,8H2,1H3,(H,19,20)(H,22,23)/t9-,14-/m0/s1. The third-order valence-corrected chi connectivity index (χ3v) is 5.01. The van der Waals surface area contributed by atoms with Crippen molar-refractivity contribution in [3.05, 3.63) is 40.6 Å². The Kier molecular flexibility index (Phi) is 3.30. The summed E-state index contributed by atoms with van der Waals surface area (Å²) < 4.78 is 1.03. The van der Waals surface area contributed by atoms with Crippen molar-refractivity contribution >= 4 is 43.8 Å². The summed E-state index contributed by atoms with van der Waals surface area (Å²) in [5.74, 6) is 1.08. The number of aromatic nitrogens is 2. The highest BCUT2D eigenvalue weighted by molar-refractivity contribution is 9.10. The molecule has 2 heterocycles. The van der Waals surface area contributed by atoms with E-state index < -0.39 is 6.09 Å². The number of amides is 1. The minimum atomic E-state index is -0.881. The van der Waals surface area contributed by atoms with E-state index in [-0.39, 0.29) is 6.04 Å². The minimum Gasteiger partial charge on any atom is -0.465 e. The lowest BCUT2D eigenvalue weighted by Gasteiger charge is -2.19. The van der Waals surface area contributed by atoms with Crippen LogP contribution in [0.4, 0.5) is 4.79 Å². The molecule has 1 aliphatic heterocycles. The summed E-state index contributed by atoms with van der Waals surface area (Å²) in [5.41, 5.74) is 1.84. The summed E-state index contributed by atoms with van der Waals surface area (Å²) in [6, 6.07) is 9.96. The number of carboxylic acid groups (broad SMARTS) is 1. The van der Waals surface area contributed by atoms with E-state index >= 15 is 0 Å². The van der Waals surface area contributed by atoms with Gasteiger partial charge in [0.2, 0.25) is 0 Å². The Morgan fingerprint density at radius 3 is 3.00 bits per heavy atom. The number of hydrogen-bond donors (Lipinski definition) is 2. The molecule has 3 aromatic rings. The molecule has 2 atom stereocenters. The third kappa shape index (κ3) is 2.37. The number of nitrogens with zero attached hydrogens (tertiary/aromatic N) is 2. The lowest BCUT2D eigenvalue weighted by atomic mass is 10.1. The Labute approximate surface area is 141 Å². The lowest BCUT2D eigenvalue weighted by molar-refractivity contribution is 0.138. The first-order valence-electron chi connectivity index (χ1n) is 7.60. The van der Waals surface area contributed by atoms with Crippen LogP contribution in [0.2, 0.25) is 0 Å². The average Bonchev–Trinajstić information content (AvgIpc) is 3.09. The van der Waals surface area contributed by atoms with Crippen molar-refractivity contribution in [2.24, 2.45) is 5.92 Å². The Hall–Kier alpha value is -2.08. The van der Waals surface area contributed by atoms with Crippen LogP contribution in [-0.2, 0) is 0 Å². The van der Waals surface area contributed by atoms with Gasteiger partial charge in [0.05, 0.1) is 17.1 Å². The number of nitrogens with one attached hydrogen (secondary N) is 1. The van der Waals surface area contributed by atoms with Crippen molar-refractivity contribution in [2.45, 2.75) is 19.4 Å². The summed E-state index contributed by atoms with van der Waals surface area (Å²) in [4.78, 5) is 21.0. The SMILES string of the molecule is C[C@H]1C[C@@H](c2nc3c(ccc4cc(Br)ccc43)[nH]2)N(C(=O)O)C1. The van der Waals surface area contributed by atoms with Gasteiger partial charge in [-0.25, -0.2) is 9.78 Å². The number of fused-ring (bicyclic) bond motifs is 3. The predicted octanol–water partition coefficient (Wildman–Crippen LogP) is 4.54. The topological polar surface area (TPSA) is 69.2 Å². The van der Waals surface area contributed by atoms with E-state index in [2.05, 4.69) is 40.0 Å². The number of aromatic amines is 1. The van der Waals surface area contributed by atoms with Crippen LogP contribution in [0.15, 0.2) is 34.8 Å². The highest BCUT2D eigenvalue weighted by Crippen LogP contribution is 2.36. The van der Waals surface area contributed by atoms with Gasteiger partial charge in [-0.05, 0) is 35.9 Å². The van der Waals surface area contributed by atoms with Crippen LogP contribution in [0.25, 0.3) is 21.8 Å². The third-order valence-electron chi connectivity index (χ3n) is 4.52. The molecule has 0 radical (unpaired) electrons. The summed E-state index contributed by atoms with van der Waals surface area (Å²) in [7, 11) is 0. The maximum atomic E-state index is 11.5. The Bertz CT molecular complexity index is 921. The monoisotopic (exact) mass is 373 g/mol. The van der Waals surface area contributed by atoms with E-state index in [1.54, 1.807) is 0 Å². The van der Waals surface area contributed by atoms with Crippen molar-refractivity contribution in [3.63, 3.8) is 0 Å². The molecule has 118 valence electrons. The fourth-order valence-electron chi connectivity index (χ4n) is 3.47. The number of benzene rings is 2. The second-order valence-corrected chi connectivity index (χ2v) is 7.16. The molecule has 4 rings (SSSR count). The van der Waals surface area contributed by atoms with Gasteiger partial charge >= 0.3 is 6.09 Å². The Morgan fingerprint density at radius 2 is 2.22 bits per heavy atom. The first-order valence-corrected chi connectivity index (χ1v) is 8.39. The number of rotatable bonds is 1. The van der Waals surface area contributed by atoms with E-state index in [0.29, 0.717) is 12.5 Å². The average molecular weight is 374 g/mol. The lowest BCUT2D eigenvalue weighted by Crippen LogP contribution is -2.29. The molecule has 0 bridgehead atoms. The first kappa shape index (κ1) is 14.5. The molecule has 1 aromatic heterocycles. The molecule has 5 nitrogen and oxygen atoms in total. The molecule has 1 aliphatic rings. The van der Waals surface area contributed by atoms with E-state index in [0.717, 1.165) is 38.5 Å². The van der Waals surface area contributed by atoms with Crippen LogP contribution >= 0.6 is 15.9 Å². The second-order valence-electron chi connectivity index (χ2n) is 6.24. The number of H-pyrrole nitrogens is 1. The fourth-order valence-corrected chi connectivity index (χ4v) is 3.85. The molecule has 1 saturated heterocycles. The van der Waals surface area contributed by atoms with E-state index in [1.807, 2.05) is 18.2 Å². The largest absolute Gasteiger partial charge is 0.465 e. The molecule has 0 aliphatic carbocycles. The number of halogens is 1. The van der Waals surface area contributed by atoms with Crippen molar-refractivity contribution in [1.82, 2.24) is 14.9 Å². The maximum absolute atomic E-state index is 11.5. The number of imidazole rings is 1. The van der Waals surface area contributed by atoms with Gasteiger partial charge in [-0.3, -0.25) is 4.90 Å². The first-order chi connectivity index (χ1) is 11.0. The molecular formula is C17H16BrN3O2. The zero-order chi connectivity index (χ0) is 16.1. The smallest absolute Gasteiger partial charge is 0.407 e. The molecule has 1 amide bonds. The molecule has 2 aromatic carbocycles. The van der Waals surface area contributed by atoms with Gasteiger partial charge in [0.25, 0.3) is 0 Å². The maximum Gasteiger partial charge on any atom is 0.407 e. The molecule has 1 fully saturated rings. The van der Waals surface area contributed by atoms with Gasteiger partial charge in [0.15, 0.2) is 0 Å². The van der Waals surface area contributed by atoms with Crippen molar-refractivity contribution < 1.29 is 9.90 Å². The van der Waals surface area contributed by atoms with Crippen LogP contribution < -0.4 is 0 Å². The fraction of sp³-hybridized carbons (Fsp3) is 0.294. The van der Waals surface area contributed by atoms with Crippen LogP contribution in [0.3, 0.4) is 0 Å². The predicted molar refractivity (Wildman–Crippen MR) is 92.6 cm³/mol. The molecule has 6 heteroatoms. The number of likely N-dealkylation sites (tertiary alicyclic amines) is 1. The van der Waals surface area contributed by atoms with Crippen LogP contribution in [0, 0.1) is 5.92 Å². The highest BCUT2D eigenvalue weighted by atomic mass is 79.9. The molecular weight excluding hydrogens is 358 g/mol. The minimum absolute atomic E-state index is 0.194. The van der Waals surface area contributed by atoms with Gasteiger partial charge in [0.1, 0.15) is 5.82 Å². The van der Waals surface area contributed by atoms with E-state index in [4.69, 9.17) is 4.98 Å². The van der Waals surface area contributed by atoms with Gasteiger partial charge in [0, 0.05) is 16.4 Å².